The summed E-state index contributed by atoms with van der Waals surface area (Å²) in [6.07, 6.45) is 0.160. The lowest BCUT2D eigenvalue weighted by molar-refractivity contribution is -0.115. The lowest BCUT2D eigenvalue weighted by atomic mass is 10.2. The summed E-state index contributed by atoms with van der Waals surface area (Å²) in [5.41, 5.74) is 1.31. The SMILES string of the molecule is Cc1oc(-c2cccs2)nc1CC(=O)Nc1cccc(Cl)c1. The molecule has 0 bridgehead atoms. The number of oxazole rings is 1. The van der Waals surface area contributed by atoms with Crippen molar-refractivity contribution in [1.82, 2.24) is 4.98 Å². The Balaban J connectivity index is 1.72. The summed E-state index contributed by atoms with van der Waals surface area (Å²) in [5.74, 6) is 1.05. The van der Waals surface area contributed by atoms with E-state index in [1.165, 1.54) is 0 Å². The van der Waals surface area contributed by atoms with Gasteiger partial charge in [-0.1, -0.05) is 23.7 Å². The highest BCUT2D eigenvalue weighted by molar-refractivity contribution is 7.13. The number of hydrogen-bond acceptors (Lipinski definition) is 4. The number of anilines is 1. The molecule has 0 aliphatic rings. The van der Waals surface area contributed by atoms with Gasteiger partial charge in [0.2, 0.25) is 11.8 Å². The summed E-state index contributed by atoms with van der Waals surface area (Å²) < 4.78 is 5.63. The van der Waals surface area contributed by atoms with Gasteiger partial charge in [-0.25, -0.2) is 4.98 Å². The van der Waals surface area contributed by atoms with Crippen molar-refractivity contribution in [2.45, 2.75) is 13.3 Å². The van der Waals surface area contributed by atoms with Gasteiger partial charge in [0.25, 0.3) is 0 Å². The number of aromatic nitrogens is 1. The molecule has 1 N–H and O–H groups in total. The Morgan fingerprint density at radius 1 is 1.36 bits per heavy atom. The maximum absolute atomic E-state index is 12.1. The largest absolute Gasteiger partial charge is 0.440 e. The average Bonchev–Trinajstić information content (AvgIpc) is 3.09. The van der Waals surface area contributed by atoms with E-state index in [2.05, 4.69) is 10.3 Å². The van der Waals surface area contributed by atoms with Crippen molar-refractivity contribution in [3.05, 3.63) is 58.3 Å². The van der Waals surface area contributed by atoms with E-state index in [4.69, 9.17) is 16.0 Å². The van der Waals surface area contributed by atoms with E-state index in [1.54, 1.807) is 35.6 Å². The molecule has 6 heteroatoms. The summed E-state index contributed by atoms with van der Waals surface area (Å²) in [5, 5.41) is 5.34. The van der Waals surface area contributed by atoms with Crippen molar-refractivity contribution in [3.63, 3.8) is 0 Å². The second kappa shape index (κ2) is 6.34. The minimum Gasteiger partial charge on any atom is -0.440 e. The van der Waals surface area contributed by atoms with Gasteiger partial charge in [-0.15, -0.1) is 11.3 Å². The Labute approximate surface area is 136 Å². The Kier molecular flexibility index (Phi) is 4.27. The number of nitrogens with one attached hydrogen (secondary N) is 1. The molecule has 0 fully saturated rings. The molecule has 0 aliphatic heterocycles. The Hall–Kier alpha value is -2.11. The first-order valence-corrected chi connectivity index (χ1v) is 7.93. The number of rotatable bonds is 4. The van der Waals surface area contributed by atoms with Crippen LogP contribution in [-0.2, 0) is 11.2 Å². The summed E-state index contributed by atoms with van der Waals surface area (Å²) in [7, 11) is 0. The predicted molar refractivity (Wildman–Crippen MR) is 88.3 cm³/mol. The van der Waals surface area contributed by atoms with Crippen LogP contribution in [0.15, 0.2) is 46.2 Å². The van der Waals surface area contributed by atoms with Gasteiger partial charge in [-0.3, -0.25) is 4.79 Å². The average molecular weight is 333 g/mol. The standard InChI is InChI=1S/C16H13ClN2O2S/c1-10-13(19-16(21-10)14-6-3-7-22-14)9-15(20)18-12-5-2-4-11(17)8-12/h2-8H,9H2,1H3,(H,18,20). The number of halogens is 1. The van der Waals surface area contributed by atoms with Gasteiger partial charge >= 0.3 is 0 Å². The fourth-order valence-corrected chi connectivity index (χ4v) is 2.86. The van der Waals surface area contributed by atoms with Gasteiger partial charge in [0.1, 0.15) is 5.76 Å². The maximum atomic E-state index is 12.1. The van der Waals surface area contributed by atoms with Crippen LogP contribution in [0.3, 0.4) is 0 Å². The van der Waals surface area contributed by atoms with E-state index < -0.39 is 0 Å². The van der Waals surface area contributed by atoms with E-state index >= 15 is 0 Å². The molecule has 3 rings (SSSR count). The number of carbonyl (C=O) groups excluding carboxylic acids is 1. The molecule has 0 atom stereocenters. The third-order valence-electron chi connectivity index (χ3n) is 3.06. The normalized spacial score (nSPS) is 10.6. The fourth-order valence-electron chi connectivity index (χ4n) is 2.02. The van der Waals surface area contributed by atoms with E-state index in [9.17, 15) is 4.79 Å². The number of benzene rings is 1. The summed E-state index contributed by atoms with van der Waals surface area (Å²) in [6, 6.07) is 10.9. The molecule has 0 radical (unpaired) electrons. The molecule has 0 spiro atoms. The molecule has 2 heterocycles. The van der Waals surface area contributed by atoms with Gasteiger partial charge in [0.05, 0.1) is 17.0 Å². The van der Waals surface area contributed by atoms with Crippen molar-refractivity contribution in [2.75, 3.05) is 5.32 Å². The summed E-state index contributed by atoms with van der Waals surface area (Å²) >= 11 is 7.45. The minimum absolute atomic E-state index is 0.156. The van der Waals surface area contributed by atoms with Crippen molar-refractivity contribution < 1.29 is 9.21 Å². The maximum Gasteiger partial charge on any atom is 0.236 e. The zero-order valence-electron chi connectivity index (χ0n) is 11.8. The van der Waals surface area contributed by atoms with Crippen LogP contribution in [-0.4, -0.2) is 10.9 Å². The van der Waals surface area contributed by atoms with E-state index in [-0.39, 0.29) is 12.3 Å². The van der Waals surface area contributed by atoms with Crippen molar-refractivity contribution in [3.8, 4) is 10.8 Å². The van der Waals surface area contributed by atoms with Crippen LogP contribution in [0.2, 0.25) is 5.02 Å². The highest BCUT2D eigenvalue weighted by Crippen LogP contribution is 2.26. The molecule has 0 aliphatic carbocycles. The number of amides is 1. The highest BCUT2D eigenvalue weighted by atomic mass is 35.5. The number of nitrogens with zero attached hydrogens (tertiary/aromatic N) is 1. The van der Waals surface area contributed by atoms with Crippen LogP contribution in [0.5, 0.6) is 0 Å². The van der Waals surface area contributed by atoms with Gasteiger partial charge in [0.15, 0.2) is 0 Å². The second-order valence-electron chi connectivity index (χ2n) is 4.73. The number of carbonyl (C=O) groups is 1. The van der Waals surface area contributed by atoms with Gasteiger partial charge in [-0.2, -0.15) is 0 Å². The van der Waals surface area contributed by atoms with E-state index in [0.29, 0.717) is 28.1 Å². The van der Waals surface area contributed by atoms with Crippen LogP contribution in [0.1, 0.15) is 11.5 Å². The molecule has 0 unspecified atom stereocenters. The molecule has 4 nitrogen and oxygen atoms in total. The van der Waals surface area contributed by atoms with Gasteiger partial charge in [-0.05, 0) is 36.6 Å². The first-order chi connectivity index (χ1) is 10.6. The zero-order valence-corrected chi connectivity index (χ0v) is 13.4. The summed E-state index contributed by atoms with van der Waals surface area (Å²) in [6.45, 7) is 1.81. The molecule has 2 aromatic heterocycles. The lowest BCUT2D eigenvalue weighted by Gasteiger charge is -2.04. The Morgan fingerprint density at radius 2 is 2.23 bits per heavy atom. The third-order valence-corrected chi connectivity index (χ3v) is 4.15. The van der Waals surface area contributed by atoms with Gasteiger partial charge < -0.3 is 9.73 Å². The second-order valence-corrected chi connectivity index (χ2v) is 6.12. The number of thiophene rings is 1. The molecule has 0 saturated heterocycles. The van der Waals surface area contributed by atoms with E-state index in [1.807, 2.05) is 24.4 Å². The third kappa shape index (κ3) is 3.37. The fraction of sp³-hybridized carbons (Fsp3) is 0.125. The van der Waals surface area contributed by atoms with Gasteiger partial charge in [0, 0.05) is 10.7 Å². The highest BCUT2D eigenvalue weighted by Gasteiger charge is 2.15. The molecule has 1 amide bonds. The zero-order chi connectivity index (χ0) is 15.5. The quantitative estimate of drug-likeness (QED) is 0.762. The molecule has 1 aromatic carbocycles. The molecule has 0 saturated carbocycles. The first kappa shape index (κ1) is 14.8. The minimum atomic E-state index is -0.156. The lowest BCUT2D eigenvalue weighted by Crippen LogP contribution is -2.15. The first-order valence-electron chi connectivity index (χ1n) is 6.67. The topological polar surface area (TPSA) is 55.1 Å². The monoisotopic (exact) mass is 332 g/mol. The van der Waals surface area contributed by atoms with Crippen molar-refractivity contribution in [2.24, 2.45) is 0 Å². The predicted octanol–water partition coefficient (Wildman–Crippen LogP) is 4.55. The van der Waals surface area contributed by atoms with Crippen LogP contribution in [0.25, 0.3) is 10.8 Å². The van der Waals surface area contributed by atoms with Crippen molar-refractivity contribution >= 4 is 34.5 Å². The van der Waals surface area contributed by atoms with E-state index in [0.717, 1.165) is 4.88 Å². The summed E-state index contributed by atoms with van der Waals surface area (Å²) in [4.78, 5) is 17.5. The Bertz CT molecular complexity index is 796. The Morgan fingerprint density at radius 3 is 2.95 bits per heavy atom. The van der Waals surface area contributed by atoms with Crippen LogP contribution in [0, 0.1) is 6.92 Å². The molecule has 3 aromatic rings. The van der Waals surface area contributed by atoms with Crippen LogP contribution in [0.4, 0.5) is 5.69 Å². The number of hydrogen-bond donors (Lipinski definition) is 1. The number of aryl methyl sites for hydroxylation is 1. The van der Waals surface area contributed by atoms with Crippen LogP contribution < -0.4 is 5.32 Å². The van der Waals surface area contributed by atoms with Crippen LogP contribution >= 0.6 is 22.9 Å². The van der Waals surface area contributed by atoms with Crippen molar-refractivity contribution in [1.29, 1.82) is 0 Å². The smallest absolute Gasteiger partial charge is 0.236 e. The molecule has 112 valence electrons. The molecular weight excluding hydrogens is 320 g/mol. The molecular formula is C16H13ClN2O2S. The molecule has 22 heavy (non-hydrogen) atoms.